The van der Waals surface area contributed by atoms with Gasteiger partial charge in [0.25, 0.3) is 0 Å². The highest BCUT2D eigenvalue weighted by molar-refractivity contribution is 7.89. The van der Waals surface area contributed by atoms with Gasteiger partial charge in [-0.15, -0.1) is 0 Å². The number of benzene rings is 2. The SMILES string of the molecule is CCOC(=O)c1cc(-c2ccc(C)cc2)n(-c2ccc(S(N)(=O)=O)cc2)n1. The maximum Gasteiger partial charge on any atom is 0.358 e. The third-order valence-corrected chi connectivity index (χ3v) is 4.88. The van der Waals surface area contributed by atoms with Crippen molar-refractivity contribution in [1.82, 2.24) is 9.78 Å². The van der Waals surface area contributed by atoms with E-state index in [9.17, 15) is 13.2 Å². The molecule has 0 saturated heterocycles. The van der Waals surface area contributed by atoms with Gasteiger partial charge in [-0.2, -0.15) is 5.10 Å². The molecule has 0 spiro atoms. The van der Waals surface area contributed by atoms with Crippen LogP contribution in [0.1, 0.15) is 23.0 Å². The second-order valence-electron chi connectivity index (χ2n) is 5.95. The molecule has 0 atom stereocenters. The molecule has 7 nitrogen and oxygen atoms in total. The van der Waals surface area contributed by atoms with Gasteiger partial charge < -0.3 is 4.74 Å². The van der Waals surface area contributed by atoms with Crippen molar-refractivity contribution < 1.29 is 17.9 Å². The Labute approximate surface area is 157 Å². The molecule has 0 amide bonds. The summed E-state index contributed by atoms with van der Waals surface area (Å²) in [5.41, 5.74) is 3.41. The molecular weight excluding hydrogens is 366 g/mol. The highest BCUT2D eigenvalue weighted by atomic mass is 32.2. The molecule has 8 heteroatoms. The summed E-state index contributed by atoms with van der Waals surface area (Å²) >= 11 is 0. The molecule has 2 N–H and O–H groups in total. The smallest absolute Gasteiger partial charge is 0.358 e. The normalized spacial score (nSPS) is 11.4. The summed E-state index contributed by atoms with van der Waals surface area (Å²) in [6.07, 6.45) is 0. The third-order valence-electron chi connectivity index (χ3n) is 3.95. The number of rotatable bonds is 5. The first-order chi connectivity index (χ1) is 12.8. The van der Waals surface area contributed by atoms with E-state index >= 15 is 0 Å². The van der Waals surface area contributed by atoms with Gasteiger partial charge in [0.15, 0.2) is 5.69 Å². The van der Waals surface area contributed by atoms with E-state index in [1.54, 1.807) is 29.8 Å². The van der Waals surface area contributed by atoms with Crippen LogP contribution < -0.4 is 5.14 Å². The molecule has 140 valence electrons. The Morgan fingerprint density at radius 2 is 1.74 bits per heavy atom. The number of ether oxygens (including phenoxy) is 1. The highest BCUT2D eigenvalue weighted by Crippen LogP contribution is 2.25. The van der Waals surface area contributed by atoms with E-state index in [2.05, 4.69) is 5.10 Å². The van der Waals surface area contributed by atoms with Crippen LogP contribution in [-0.4, -0.2) is 30.8 Å². The first-order valence-corrected chi connectivity index (χ1v) is 9.81. The van der Waals surface area contributed by atoms with E-state index in [0.29, 0.717) is 11.4 Å². The minimum absolute atomic E-state index is 0.000841. The lowest BCUT2D eigenvalue weighted by Crippen LogP contribution is -2.12. The molecule has 0 aliphatic carbocycles. The predicted octanol–water partition coefficient (Wildman–Crippen LogP) is 2.67. The predicted molar refractivity (Wildman–Crippen MR) is 101 cm³/mol. The number of aryl methyl sites for hydroxylation is 1. The maximum absolute atomic E-state index is 12.1. The number of hydrogen-bond donors (Lipinski definition) is 1. The Morgan fingerprint density at radius 3 is 2.30 bits per heavy atom. The van der Waals surface area contributed by atoms with Gasteiger partial charge in [0.1, 0.15) is 0 Å². The number of carbonyl (C=O) groups is 1. The van der Waals surface area contributed by atoms with Crippen molar-refractivity contribution in [3.05, 3.63) is 65.9 Å². The summed E-state index contributed by atoms with van der Waals surface area (Å²) in [4.78, 5) is 12.1. The lowest BCUT2D eigenvalue weighted by molar-refractivity contribution is 0.0519. The number of aromatic nitrogens is 2. The molecule has 3 aromatic rings. The van der Waals surface area contributed by atoms with E-state index in [0.717, 1.165) is 11.1 Å². The van der Waals surface area contributed by atoms with Crippen LogP contribution in [0, 0.1) is 6.92 Å². The average Bonchev–Trinajstić information content (AvgIpc) is 3.07. The lowest BCUT2D eigenvalue weighted by atomic mass is 10.1. The van der Waals surface area contributed by atoms with Crippen LogP contribution in [0.4, 0.5) is 0 Å². The number of hydrogen-bond acceptors (Lipinski definition) is 5. The summed E-state index contributed by atoms with van der Waals surface area (Å²) < 4.78 is 29.5. The quantitative estimate of drug-likeness (QED) is 0.680. The number of esters is 1. The fourth-order valence-corrected chi connectivity index (χ4v) is 3.11. The summed E-state index contributed by atoms with van der Waals surface area (Å²) in [5.74, 6) is -0.522. The molecular formula is C19H19N3O4S. The van der Waals surface area contributed by atoms with E-state index < -0.39 is 16.0 Å². The van der Waals surface area contributed by atoms with E-state index in [-0.39, 0.29) is 17.2 Å². The Kier molecular flexibility index (Phi) is 5.11. The molecule has 0 saturated carbocycles. The van der Waals surface area contributed by atoms with Crippen molar-refractivity contribution in [2.45, 2.75) is 18.7 Å². The first-order valence-electron chi connectivity index (χ1n) is 8.27. The monoisotopic (exact) mass is 385 g/mol. The average molecular weight is 385 g/mol. The Morgan fingerprint density at radius 1 is 1.11 bits per heavy atom. The topological polar surface area (TPSA) is 104 Å². The minimum atomic E-state index is -3.79. The van der Waals surface area contributed by atoms with Gasteiger partial charge in [0.05, 0.1) is 22.9 Å². The number of nitrogens with two attached hydrogens (primary N) is 1. The van der Waals surface area contributed by atoms with Crippen molar-refractivity contribution in [3.63, 3.8) is 0 Å². The van der Waals surface area contributed by atoms with Gasteiger partial charge >= 0.3 is 5.97 Å². The van der Waals surface area contributed by atoms with Crippen LogP contribution >= 0.6 is 0 Å². The van der Waals surface area contributed by atoms with E-state index in [1.807, 2.05) is 31.2 Å². The molecule has 0 unspecified atom stereocenters. The maximum atomic E-state index is 12.1. The second-order valence-corrected chi connectivity index (χ2v) is 7.51. The Hall–Kier alpha value is -2.97. The molecule has 2 aromatic carbocycles. The van der Waals surface area contributed by atoms with Gasteiger partial charge in [-0.3, -0.25) is 0 Å². The van der Waals surface area contributed by atoms with Crippen LogP contribution in [0.5, 0.6) is 0 Å². The fourth-order valence-electron chi connectivity index (χ4n) is 2.59. The van der Waals surface area contributed by atoms with Crippen molar-refractivity contribution in [2.24, 2.45) is 5.14 Å². The lowest BCUT2D eigenvalue weighted by Gasteiger charge is -2.08. The van der Waals surface area contributed by atoms with E-state index in [1.165, 1.54) is 12.1 Å². The van der Waals surface area contributed by atoms with Gasteiger partial charge in [0.2, 0.25) is 10.0 Å². The van der Waals surface area contributed by atoms with Crippen LogP contribution in [-0.2, 0) is 14.8 Å². The molecule has 0 bridgehead atoms. The number of primary sulfonamides is 1. The molecule has 0 aliphatic heterocycles. The van der Waals surface area contributed by atoms with Crippen LogP contribution in [0.3, 0.4) is 0 Å². The van der Waals surface area contributed by atoms with Crippen molar-refractivity contribution in [2.75, 3.05) is 6.61 Å². The zero-order valence-corrected chi connectivity index (χ0v) is 15.7. The van der Waals surface area contributed by atoms with Crippen molar-refractivity contribution in [1.29, 1.82) is 0 Å². The molecule has 0 radical (unpaired) electrons. The van der Waals surface area contributed by atoms with Gasteiger partial charge in [-0.25, -0.2) is 23.0 Å². The molecule has 0 aliphatic rings. The van der Waals surface area contributed by atoms with Gasteiger partial charge in [-0.1, -0.05) is 29.8 Å². The summed E-state index contributed by atoms with van der Waals surface area (Å²) in [7, 11) is -3.79. The number of nitrogens with zero attached hydrogens (tertiary/aromatic N) is 2. The van der Waals surface area contributed by atoms with E-state index in [4.69, 9.17) is 9.88 Å². The van der Waals surface area contributed by atoms with Crippen LogP contribution in [0.15, 0.2) is 59.5 Å². The van der Waals surface area contributed by atoms with Gasteiger partial charge in [-0.05, 0) is 44.2 Å². The summed E-state index contributed by atoms with van der Waals surface area (Å²) in [5, 5.41) is 9.50. The van der Waals surface area contributed by atoms with Crippen LogP contribution in [0.2, 0.25) is 0 Å². The third kappa shape index (κ3) is 4.07. The molecule has 27 heavy (non-hydrogen) atoms. The number of sulfonamides is 1. The molecule has 1 heterocycles. The Balaban J connectivity index is 2.12. The zero-order chi connectivity index (χ0) is 19.6. The zero-order valence-electron chi connectivity index (χ0n) is 14.9. The molecule has 0 fully saturated rings. The van der Waals surface area contributed by atoms with Crippen molar-refractivity contribution >= 4 is 16.0 Å². The van der Waals surface area contributed by atoms with Crippen molar-refractivity contribution in [3.8, 4) is 16.9 Å². The molecule has 1 aromatic heterocycles. The highest BCUT2D eigenvalue weighted by Gasteiger charge is 2.18. The molecule has 3 rings (SSSR count). The second kappa shape index (κ2) is 7.34. The summed E-state index contributed by atoms with van der Waals surface area (Å²) in [6, 6.07) is 15.4. The minimum Gasteiger partial charge on any atom is -0.461 e. The van der Waals surface area contributed by atoms with Gasteiger partial charge in [0, 0.05) is 5.56 Å². The first kappa shape index (κ1) is 18.8. The van der Waals surface area contributed by atoms with Crippen LogP contribution in [0.25, 0.3) is 16.9 Å². The Bertz CT molecular complexity index is 1070. The largest absolute Gasteiger partial charge is 0.461 e. The fraction of sp³-hybridized carbons (Fsp3) is 0.158. The number of carbonyl (C=O) groups excluding carboxylic acids is 1. The summed E-state index contributed by atoms with van der Waals surface area (Å²) in [6.45, 7) is 3.95. The standard InChI is InChI=1S/C19H19N3O4S/c1-3-26-19(23)17-12-18(14-6-4-13(2)5-7-14)22(21-17)15-8-10-16(11-9-15)27(20,24)25/h4-12H,3H2,1-2H3,(H2,20,24,25).